The summed E-state index contributed by atoms with van der Waals surface area (Å²) in [5.74, 6) is -0.0615. The zero-order valence-electron chi connectivity index (χ0n) is 18.0. The molecule has 0 bridgehead atoms. The molecule has 1 spiro atoms. The van der Waals surface area contributed by atoms with Crippen molar-refractivity contribution in [1.82, 2.24) is 10.2 Å². The minimum absolute atomic E-state index is 0.222. The van der Waals surface area contributed by atoms with Crippen molar-refractivity contribution >= 4 is 33.4 Å². The highest BCUT2D eigenvalue weighted by molar-refractivity contribution is 7.90. The number of hydrogen-bond acceptors (Lipinski definition) is 5. The van der Waals surface area contributed by atoms with Crippen LogP contribution < -0.4 is 10.2 Å². The zero-order chi connectivity index (χ0) is 22.4. The van der Waals surface area contributed by atoms with Crippen molar-refractivity contribution in [3.05, 3.63) is 23.8 Å². The Labute approximate surface area is 182 Å². The van der Waals surface area contributed by atoms with Gasteiger partial charge < -0.3 is 10.2 Å². The van der Waals surface area contributed by atoms with Crippen molar-refractivity contribution in [3.63, 3.8) is 0 Å². The van der Waals surface area contributed by atoms with Gasteiger partial charge in [-0.3, -0.25) is 14.5 Å². The van der Waals surface area contributed by atoms with Gasteiger partial charge in [-0.2, -0.15) is 0 Å². The minimum atomic E-state index is -3.34. The van der Waals surface area contributed by atoms with Crippen LogP contribution in [-0.4, -0.2) is 56.0 Å². The van der Waals surface area contributed by atoms with E-state index in [1.807, 2.05) is 0 Å². The Kier molecular flexibility index (Phi) is 5.57. The summed E-state index contributed by atoms with van der Waals surface area (Å²) in [6.07, 6.45) is 6.60. The molecule has 3 aliphatic rings. The average Bonchev–Trinajstić information content (AvgIpc) is 2.96. The van der Waals surface area contributed by atoms with Crippen LogP contribution in [0.1, 0.15) is 51.0 Å². The van der Waals surface area contributed by atoms with Crippen molar-refractivity contribution in [2.75, 3.05) is 24.2 Å². The number of carbonyl (C=O) groups excluding carboxylic acids is 3. The highest BCUT2D eigenvalue weighted by Crippen LogP contribution is 2.38. The molecule has 1 aromatic rings. The van der Waals surface area contributed by atoms with Crippen molar-refractivity contribution < 1.29 is 22.8 Å². The Bertz CT molecular complexity index is 1030. The quantitative estimate of drug-likeness (QED) is 0.713. The van der Waals surface area contributed by atoms with Crippen molar-refractivity contribution in [2.45, 2.75) is 62.3 Å². The molecule has 1 saturated carbocycles. The lowest BCUT2D eigenvalue weighted by molar-refractivity contribution is -0.135. The van der Waals surface area contributed by atoms with E-state index in [9.17, 15) is 22.8 Å². The van der Waals surface area contributed by atoms with Crippen LogP contribution >= 0.6 is 0 Å². The van der Waals surface area contributed by atoms with E-state index in [0.29, 0.717) is 43.8 Å². The Morgan fingerprint density at radius 2 is 1.94 bits per heavy atom. The number of urea groups is 1. The molecule has 1 aliphatic carbocycles. The molecule has 2 fully saturated rings. The first-order valence-electron chi connectivity index (χ1n) is 10.9. The molecular weight excluding hydrogens is 418 g/mol. The Balaban J connectivity index is 1.51. The fourth-order valence-electron chi connectivity index (χ4n) is 5.02. The number of nitrogens with zero attached hydrogens (tertiary/aromatic N) is 2. The summed E-state index contributed by atoms with van der Waals surface area (Å²) in [6, 6.07) is 4.24. The van der Waals surface area contributed by atoms with E-state index in [-0.39, 0.29) is 23.3 Å². The zero-order valence-corrected chi connectivity index (χ0v) is 18.8. The van der Waals surface area contributed by atoms with E-state index in [1.165, 1.54) is 6.07 Å². The molecule has 0 radical (unpaired) electrons. The van der Waals surface area contributed by atoms with E-state index >= 15 is 0 Å². The summed E-state index contributed by atoms with van der Waals surface area (Å²) in [5, 5.41) is 2.87. The molecule has 1 N–H and O–H groups in total. The first-order valence-corrected chi connectivity index (χ1v) is 12.8. The van der Waals surface area contributed by atoms with Crippen LogP contribution in [0.25, 0.3) is 0 Å². The van der Waals surface area contributed by atoms with Crippen molar-refractivity contribution in [3.8, 4) is 0 Å². The number of aryl methyl sites for hydroxylation is 1. The van der Waals surface area contributed by atoms with Crippen molar-refractivity contribution in [2.24, 2.45) is 5.92 Å². The Morgan fingerprint density at radius 1 is 1.23 bits per heavy atom. The molecule has 0 aromatic heterocycles. The Morgan fingerprint density at radius 3 is 2.58 bits per heavy atom. The van der Waals surface area contributed by atoms with Gasteiger partial charge in [0.2, 0.25) is 5.91 Å². The molecule has 31 heavy (non-hydrogen) atoms. The molecule has 4 amide bonds. The third-order valence-corrected chi connectivity index (χ3v) is 8.08. The van der Waals surface area contributed by atoms with E-state index < -0.39 is 21.4 Å². The fourth-order valence-corrected chi connectivity index (χ4v) is 5.69. The second-order valence-corrected chi connectivity index (χ2v) is 11.0. The van der Waals surface area contributed by atoms with Gasteiger partial charge in [-0.05, 0) is 68.2 Å². The summed E-state index contributed by atoms with van der Waals surface area (Å²) in [4.78, 5) is 41.6. The number of fused-ring (bicyclic) bond motifs is 1. The first kappa shape index (κ1) is 21.8. The molecule has 2 heterocycles. The lowest BCUT2D eigenvalue weighted by atomic mass is 9.75. The smallest absolute Gasteiger partial charge is 0.323 e. The highest BCUT2D eigenvalue weighted by Gasteiger charge is 2.52. The first-order chi connectivity index (χ1) is 14.6. The molecule has 0 unspecified atom stereocenters. The molecule has 8 nitrogen and oxygen atoms in total. The van der Waals surface area contributed by atoms with E-state index in [1.54, 1.807) is 17.0 Å². The summed E-state index contributed by atoms with van der Waals surface area (Å²) >= 11 is 0. The molecule has 9 heteroatoms. The fraction of sp³-hybridized carbons (Fsp3) is 0.591. The van der Waals surface area contributed by atoms with E-state index in [2.05, 4.69) is 12.2 Å². The lowest BCUT2D eigenvalue weighted by Crippen LogP contribution is -2.50. The summed E-state index contributed by atoms with van der Waals surface area (Å²) in [7, 11) is -3.34. The number of nitrogens with one attached hydrogen (secondary N) is 1. The number of amides is 4. The molecule has 4 rings (SSSR count). The molecule has 0 atom stereocenters. The van der Waals surface area contributed by atoms with Crippen LogP contribution in [0.3, 0.4) is 0 Å². The summed E-state index contributed by atoms with van der Waals surface area (Å²) < 4.78 is 23.7. The van der Waals surface area contributed by atoms with Gasteiger partial charge in [-0.25, -0.2) is 13.2 Å². The maximum absolute atomic E-state index is 13.1. The maximum Gasteiger partial charge on any atom is 0.325 e. The molecule has 1 saturated heterocycles. The van der Waals surface area contributed by atoms with Crippen LogP contribution in [0.4, 0.5) is 10.5 Å². The SMILES string of the molecule is CCC1CCC2(CC1)NC(=O)N(CC(=O)N1CCCc3cc(S(C)(=O)=O)ccc31)C2=O. The topological polar surface area (TPSA) is 104 Å². The van der Waals surface area contributed by atoms with Crippen LogP contribution in [0.15, 0.2) is 23.1 Å². The minimum Gasteiger partial charge on any atom is -0.323 e. The molecule has 1 aromatic carbocycles. The maximum atomic E-state index is 13.1. The third-order valence-electron chi connectivity index (χ3n) is 6.97. The molecular formula is C22H29N3O5S. The number of benzene rings is 1. The monoisotopic (exact) mass is 447 g/mol. The van der Waals surface area contributed by atoms with E-state index in [0.717, 1.165) is 36.0 Å². The van der Waals surface area contributed by atoms with Crippen LogP contribution in [0.2, 0.25) is 0 Å². The van der Waals surface area contributed by atoms with Crippen molar-refractivity contribution in [1.29, 1.82) is 0 Å². The largest absolute Gasteiger partial charge is 0.325 e. The second-order valence-electron chi connectivity index (χ2n) is 8.97. The van der Waals surface area contributed by atoms with E-state index in [4.69, 9.17) is 0 Å². The number of hydrogen-bond donors (Lipinski definition) is 1. The van der Waals surface area contributed by atoms with Gasteiger partial charge in [-0.15, -0.1) is 0 Å². The van der Waals surface area contributed by atoms with Gasteiger partial charge in [0.15, 0.2) is 9.84 Å². The second kappa shape index (κ2) is 7.93. The van der Waals surface area contributed by atoms with Crippen LogP contribution in [0.5, 0.6) is 0 Å². The van der Waals surface area contributed by atoms with Gasteiger partial charge in [-0.1, -0.05) is 13.3 Å². The molecule has 2 aliphatic heterocycles. The van der Waals surface area contributed by atoms with Crippen LogP contribution in [0, 0.1) is 5.92 Å². The predicted octanol–water partition coefficient (Wildman–Crippen LogP) is 2.26. The van der Waals surface area contributed by atoms with Gasteiger partial charge in [0.05, 0.1) is 4.90 Å². The Hall–Kier alpha value is -2.42. The number of rotatable bonds is 4. The van der Waals surface area contributed by atoms with Gasteiger partial charge in [0, 0.05) is 18.5 Å². The van der Waals surface area contributed by atoms with Crippen LogP contribution in [-0.2, 0) is 25.8 Å². The third kappa shape index (κ3) is 3.95. The summed E-state index contributed by atoms with van der Waals surface area (Å²) in [5.41, 5.74) is 0.565. The normalized spacial score (nSPS) is 26.2. The average molecular weight is 448 g/mol. The molecule has 168 valence electrons. The summed E-state index contributed by atoms with van der Waals surface area (Å²) in [6.45, 7) is 2.30. The van der Waals surface area contributed by atoms with Gasteiger partial charge >= 0.3 is 6.03 Å². The van der Waals surface area contributed by atoms with Gasteiger partial charge in [0.1, 0.15) is 12.1 Å². The number of carbonyl (C=O) groups is 3. The highest BCUT2D eigenvalue weighted by atomic mass is 32.2. The number of sulfone groups is 1. The standard InChI is InChI=1S/C22H29N3O5S/c1-3-15-8-10-22(11-9-15)20(27)25(21(28)23-22)14-19(26)24-12-4-5-16-13-17(31(2,29)30)6-7-18(16)24/h6-7,13,15H,3-5,8-12,14H2,1-2H3,(H,23,28). The number of imide groups is 1. The predicted molar refractivity (Wildman–Crippen MR) is 115 cm³/mol. The lowest BCUT2D eigenvalue weighted by Gasteiger charge is -2.34. The number of anilines is 1. The van der Waals surface area contributed by atoms with Gasteiger partial charge in [0.25, 0.3) is 5.91 Å².